The van der Waals surface area contributed by atoms with Crippen molar-refractivity contribution in [2.45, 2.75) is 25.3 Å². The van der Waals surface area contributed by atoms with Gasteiger partial charge in [0.25, 0.3) is 10.0 Å². The highest BCUT2D eigenvalue weighted by atomic mass is 32.2. The molecule has 0 fully saturated rings. The van der Waals surface area contributed by atoms with Gasteiger partial charge in [-0.25, -0.2) is 13.4 Å². The topological polar surface area (TPSA) is 104 Å². The summed E-state index contributed by atoms with van der Waals surface area (Å²) in [6.45, 7) is 4.27. The lowest BCUT2D eigenvalue weighted by Gasteiger charge is -2.12. The number of aromatic hydroxyl groups is 1. The van der Waals surface area contributed by atoms with E-state index in [0.29, 0.717) is 17.8 Å². The molecule has 0 saturated heterocycles. The van der Waals surface area contributed by atoms with Gasteiger partial charge in [-0.05, 0) is 66.9 Å². The van der Waals surface area contributed by atoms with Crippen LogP contribution >= 0.6 is 11.3 Å². The molecule has 7 nitrogen and oxygen atoms in total. The Bertz CT molecular complexity index is 1340. The number of aromatic nitrogens is 2. The molecule has 0 atom stereocenters. The van der Waals surface area contributed by atoms with Gasteiger partial charge in [0.1, 0.15) is 5.75 Å². The first-order valence-electron chi connectivity index (χ1n) is 9.85. The van der Waals surface area contributed by atoms with E-state index in [1.807, 2.05) is 25.1 Å². The molecule has 2 aromatic carbocycles. The summed E-state index contributed by atoms with van der Waals surface area (Å²) in [6.07, 6.45) is 3.53. The Hall–Kier alpha value is -3.43. The maximum absolute atomic E-state index is 13.0. The van der Waals surface area contributed by atoms with Gasteiger partial charge in [0, 0.05) is 24.6 Å². The number of nitrogens with zero attached hydrogens (tertiary/aromatic N) is 2. The molecule has 4 rings (SSSR count). The van der Waals surface area contributed by atoms with Gasteiger partial charge >= 0.3 is 0 Å². The van der Waals surface area contributed by atoms with E-state index in [4.69, 9.17) is 0 Å². The van der Waals surface area contributed by atoms with Crippen LogP contribution in [0, 0.1) is 13.8 Å². The second kappa shape index (κ2) is 8.97. The number of thiazole rings is 1. The zero-order valence-corrected chi connectivity index (χ0v) is 19.2. The number of anilines is 2. The monoisotopic (exact) mass is 466 g/mol. The van der Waals surface area contributed by atoms with E-state index >= 15 is 0 Å². The van der Waals surface area contributed by atoms with E-state index in [0.717, 1.165) is 26.8 Å². The molecular formula is C23H22N4O3S2. The fourth-order valence-corrected chi connectivity index (χ4v) is 5.48. The van der Waals surface area contributed by atoms with Crippen molar-refractivity contribution in [3.8, 4) is 16.2 Å². The summed E-state index contributed by atoms with van der Waals surface area (Å²) in [5.74, 6) is 0.0692. The van der Waals surface area contributed by atoms with Crippen molar-refractivity contribution in [3.63, 3.8) is 0 Å². The molecule has 0 amide bonds. The van der Waals surface area contributed by atoms with Gasteiger partial charge in [-0.15, -0.1) is 0 Å². The highest BCUT2D eigenvalue weighted by Crippen LogP contribution is 2.35. The first kappa shape index (κ1) is 21.8. The van der Waals surface area contributed by atoms with Crippen molar-refractivity contribution in [1.82, 2.24) is 9.97 Å². The molecule has 0 bridgehead atoms. The van der Waals surface area contributed by atoms with Crippen molar-refractivity contribution in [3.05, 3.63) is 83.8 Å². The fourth-order valence-electron chi connectivity index (χ4n) is 3.19. The zero-order chi connectivity index (χ0) is 22.7. The minimum absolute atomic E-state index is 0.0692. The highest BCUT2D eigenvalue weighted by molar-refractivity contribution is 7.92. The molecule has 3 N–H and O–H groups in total. The number of benzene rings is 2. The molecule has 0 aliphatic carbocycles. The fraction of sp³-hybridized carbons (Fsp3) is 0.130. The zero-order valence-electron chi connectivity index (χ0n) is 17.5. The van der Waals surface area contributed by atoms with E-state index < -0.39 is 10.0 Å². The lowest BCUT2D eigenvalue weighted by Crippen LogP contribution is -2.14. The number of phenolic OH excluding ortho intramolecular Hbond substituents is 1. The molecule has 0 unspecified atom stereocenters. The van der Waals surface area contributed by atoms with E-state index in [2.05, 4.69) is 20.0 Å². The highest BCUT2D eigenvalue weighted by Gasteiger charge is 2.20. The third-order valence-electron chi connectivity index (χ3n) is 4.82. The Morgan fingerprint density at radius 2 is 1.84 bits per heavy atom. The molecule has 2 heterocycles. The average molecular weight is 467 g/mol. The lowest BCUT2D eigenvalue weighted by molar-refractivity contribution is 0.475. The average Bonchev–Trinajstić information content (AvgIpc) is 3.15. The third kappa shape index (κ3) is 4.90. The number of rotatable bonds is 7. The van der Waals surface area contributed by atoms with Crippen LogP contribution < -0.4 is 10.0 Å². The number of hydrogen-bond donors (Lipinski definition) is 3. The molecule has 0 saturated carbocycles. The molecule has 0 spiro atoms. The van der Waals surface area contributed by atoms with Crippen molar-refractivity contribution in [2.24, 2.45) is 0 Å². The lowest BCUT2D eigenvalue weighted by atomic mass is 10.1. The maximum Gasteiger partial charge on any atom is 0.262 e. The SMILES string of the molecule is Cc1ccc(-c2sc(NCc3cccnc3)nc2C)cc1S(=O)(=O)Nc1ccc(O)cc1. The molecule has 0 aliphatic rings. The van der Waals surface area contributed by atoms with E-state index in [-0.39, 0.29) is 10.6 Å². The molecule has 164 valence electrons. The van der Waals surface area contributed by atoms with Crippen LogP contribution in [0.5, 0.6) is 5.75 Å². The number of pyridine rings is 1. The smallest absolute Gasteiger partial charge is 0.262 e. The summed E-state index contributed by atoms with van der Waals surface area (Å²) < 4.78 is 28.6. The summed E-state index contributed by atoms with van der Waals surface area (Å²) in [5, 5.41) is 13.5. The van der Waals surface area contributed by atoms with Gasteiger partial charge in [0.15, 0.2) is 5.13 Å². The Morgan fingerprint density at radius 3 is 2.56 bits per heavy atom. The predicted octanol–water partition coefficient (Wildman–Crippen LogP) is 4.94. The summed E-state index contributed by atoms with van der Waals surface area (Å²) in [7, 11) is -3.81. The Balaban J connectivity index is 1.59. The van der Waals surface area contributed by atoms with Crippen LogP contribution in [0.1, 0.15) is 16.8 Å². The third-order valence-corrected chi connectivity index (χ3v) is 7.51. The Kier molecular flexibility index (Phi) is 6.11. The standard InChI is InChI=1S/C23H22N4O3S2/c1-15-5-6-18(12-21(15)32(29,30)27-19-7-9-20(28)10-8-19)22-16(2)26-23(31-22)25-14-17-4-3-11-24-13-17/h3-13,27-28H,14H2,1-2H3,(H,25,26). The number of phenols is 1. The minimum atomic E-state index is -3.81. The van der Waals surface area contributed by atoms with E-state index in [9.17, 15) is 13.5 Å². The maximum atomic E-state index is 13.0. The number of sulfonamides is 1. The van der Waals surface area contributed by atoms with Crippen LogP contribution in [-0.4, -0.2) is 23.5 Å². The van der Waals surface area contributed by atoms with Gasteiger partial charge in [-0.2, -0.15) is 0 Å². The predicted molar refractivity (Wildman–Crippen MR) is 128 cm³/mol. The number of aryl methyl sites for hydroxylation is 2. The molecule has 4 aromatic rings. The Morgan fingerprint density at radius 1 is 1.06 bits per heavy atom. The van der Waals surface area contributed by atoms with E-state index in [1.165, 1.54) is 35.6 Å². The molecule has 0 radical (unpaired) electrons. The van der Waals surface area contributed by atoms with Crippen LogP contribution in [0.4, 0.5) is 10.8 Å². The number of hydrogen-bond acceptors (Lipinski definition) is 7. The largest absolute Gasteiger partial charge is 0.508 e. The minimum Gasteiger partial charge on any atom is -0.508 e. The van der Waals surface area contributed by atoms with Crippen molar-refractivity contribution < 1.29 is 13.5 Å². The first-order valence-corrected chi connectivity index (χ1v) is 12.1. The summed E-state index contributed by atoms with van der Waals surface area (Å²) in [4.78, 5) is 9.80. The number of nitrogens with one attached hydrogen (secondary N) is 2. The van der Waals surface area contributed by atoms with Crippen molar-refractivity contribution >= 4 is 32.2 Å². The van der Waals surface area contributed by atoms with Crippen LogP contribution in [0.25, 0.3) is 10.4 Å². The van der Waals surface area contributed by atoms with Gasteiger partial charge in [0.2, 0.25) is 0 Å². The van der Waals surface area contributed by atoms with Crippen molar-refractivity contribution in [2.75, 3.05) is 10.0 Å². The normalized spacial score (nSPS) is 11.3. The van der Waals surface area contributed by atoms with Gasteiger partial charge in [-0.3, -0.25) is 9.71 Å². The Labute approximate surface area is 190 Å². The van der Waals surface area contributed by atoms with Crippen molar-refractivity contribution in [1.29, 1.82) is 0 Å². The van der Waals surface area contributed by atoms with Crippen LogP contribution in [0.2, 0.25) is 0 Å². The molecule has 2 aromatic heterocycles. The molecular weight excluding hydrogens is 444 g/mol. The second-order valence-corrected chi connectivity index (χ2v) is 9.93. The molecule has 32 heavy (non-hydrogen) atoms. The summed E-state index contributed by atoms with van der Waals surface area (Å²) >= 11 is 1.48. The van der Waals surface area contributed by atoms with Gasteiger partial charge in [0.05, 0.1) is 15.5 Å². The summed E-state index contributed by atoms with van der Waals surface area (Å²) in [5.41, 5.74) is 3.67. The first-order chi connectivity index (χ1) is 15.3. The summed E-state index contributed by atoms with van der Waals surface area (Å²) in [6, 6.07) is 15.1. The van der Waals surface area contributed by atoms with Gasteiger partial charge < -0.3 is 10.4 Å². The second-order valence-electron chi connectivity index (χ2n) is 7.28. The van der Waals surface area contributed by atoms with Gasteiger partial charge in [-0.1, -0.05) is 29.5 Å². The van der Waals surface area contributed by atoms with Crippen LogP contribution in [0.15, 0.2) is 71.9 Å². The van der Waals surface area contributed by atoms with E-state index in [1.54, 1.807) is 31.5 Å². The van der Waals surface area contributed by atoms with Crippen LogP contribution in [-0.2, 0) is 16.6 Å². The molecule has 9 heteroatoms. The molecule has 0 aliphatic heterocycles. The van der Waals surface area contributed by atoms with Crippen LogP contribution in [0.3, 0.4) is 0 Å². The quantitative estimate of drug-likeness (QED) is 0.333.